The molecule has 0 spiro atoms. The first-order valence-electron chi connectivity index (χ1n) is 4.56. The fourth-order valence-corrected chi connectivity index (χ4v) is 2.81. The normalized spacial score (nSPS) is 10.5. The molecule has 3 heterocycles. The highest BCUT2D eigenvalue weighted by Gasteiger charge is 2.08. The molecule has 0 fully saturated rings. The average Bonchev–Trinajstić information content (AvgIpc) is 3.01. The molecule has 3 rings (SSSR count). The van der Waals surface area contributed by atoms with Crippen LogP contribution in [0.5, 0.6) is 0 Å². The number of hydrogen-bond acceptors (Lipinski definition) is 6. The average molecular weight is 246 g/mol. The highest BCUT2D eigenvalue weighted by atomic mass is 32.1. The third kappa shape index (κ3) is 1.72. The zero-order valence-electron chi connectivity index (χ0n) is 8.07. The van der Waals surface area contributed by atoms with Gasteiger partial charge in [0.1, 0.15) is 10.5 Å². The maximum atomic E-state index is 4.37. The summed E-state index contributed by atoms with van der Waals surface area (Å²) in [5, 5.41) is 9.73. The van der Waals surface area contributed by atoms with Crippen molar-refractivity contribution in [3.63, 3.8) is 0 Å². The summed E-state index contributed by atoms with van der Waals surface area (Å²) >= 11 is 3.13. The van der Waals surface area contributed by atoms with Gasteiger partial charge in [0.25, 0.3) is 0 Å². The van der Waals surface area contributed by atoms with E-state index in [1.54, 1.807) is 29.2 Å². The van der Waals surface area contributed by atoms with E-state index in [0.717, 1.165) is 20.5 Å². The van der Waals surface area contributed by atoms with Crippen molar-refractivity contribution in [3.05, 3.63) is 36.2 Å². The highest BCUT2D eigenvalue weighted by molar-refractivity contribution is 7.22. The van der Waals surface area contributed by atoms with Crippen molar-refractivity contribution in [2.75, 3.05) is 0 Å². The van der Waals surface area contributed by atoms with E-state index < -0.39 is 0 Å². The number of nitrogens with zero attached hydrogens (tertiary/aromatic N) is 4. The van der Waals surface area contributed by atoms with Crippen molar-refractivity contribution >= 4 is 22.7 Å². The van der Waals surface area contributed by atoms with Gasteiger partial charge in [-0.2, -0.15) is 0 Å². The molecule has 0 atom stereocenters. The quantitative estimate of drug-likeness (QED) is 0.697. The molecule has 0 bridgehead atoms. The van der Waals surface area contributed by atoms with Crippen molar-refractivity contribution in [1.82, 2.24) is 20.2 Å². The van der Waals surface area contributed by atoms with E-state index in [1.807, 2.05) is 18.3 Å². The highest BCUT2D eigenvalue weighted by Crippen LogP contribution is 2.31. The molecule has 16 heavy (non-hydrogen) atoms. The lowest BCUT2D eigenvalue weighted by Crippen LogP contribution is -1.74. The molecule has 0 amide bonds. The third-order valence-electron chi connectivity index (χ3n) is 2.00. The molecule has 0 N–H and O–H groups in total. The first-order chi connectivity index (χ1) is 7.93. The molecule has 0 radical (unpaired) electrons. The van der Waals surface area contributed by atoms with Crippen LogP contribution in [-0.4, -0.2) is 20.2 Å². The lowest BCUT2D eigenvalue weighted by Gasteiger charge is -1.92. The summed E-state index contributed by atoms with van der Waals surface area (Å²) in [6.07, 6.45) is 5.36. The van der Waals surface area contributed by atoms with E-state index >= 15 is 0 Å². The second kappa shape index (κ2) is 4.07. The maximum Gasteiger partial charge on any atom is 0.159 e. The monoisotopic (exact) mass is 246 g/mol. The summed E-state index contributed by atoms with van der Waals surface area (Å²) < 4.78 is 0. The predicted molar refractivity (Wildman–Crippen MR) is 64.2 cm³/mol. The molecule has 0 aliphatic rings. The fraction of sp³-hybridized carbons (Fsp3) is 0. The molecule has 0 aliphatic heterocycles. The minimum absolute atomic E-state index is 0.915. The second-order valence-electron chi connectivity index (χ2n) is 3.01. The van der Waals surface area contributed by atoms with Crippen LogP contribution in [0.3, 0.4) is 0 Å². The number of pyridine rings is 1. The maximum absolute atomic E-state index is 4.37. The topological polar surface area (TPSA) is 51.6 Å². The van der Waals surface area contributed by atoms with Crippen molar-refractivity contribution in [2.45, 2.75) is 0 Å². The SMILES string of the molecule is c1cc(-c2ncc(-c3nncs3)s2)ccn1. The van der Waals surface area contributed by atoms with Gasteiger partial charge in [-0.15, -0.1) is 21.5 Å². The van der Waals surface area contributed by atoms with Crippen LogP contribution in [-0.2, 0) is 0 Å². The van der Waals surface area contributed by atoms with Crippen molar-refractivity contribution in [1.29, 1.82) is 0 Å². The van der Waals surface area contributed by atoms with Gasteiger partial charge in [-0.05, 0) is 12.1 Å². The first-order valence-corrected chi connectivity index (χ1v) is 6.26. The molecule has 0 aromatic carbocycles. The molecule has 78 valence electrons. The molecule has 0 saturated heterocycles. The molecule has 0 unspecified atom stereocenters. The van der Waals surface area contributed by atoms with Gasteiger partial charge in [-0.3, -0.25) is 4.98 Å². The summed E-state index contributed by atoms with van der Waals surface area (Å²) in [4.78, 5) is 9.41. The van der Waals surface area contributed by atoms with Crippen LogP contribution in [0.15, 0.2) is 36.2 Å². The summed E-state index contributed by atoms with van der Waals surface area (Å²) in [5.74, 6) is 0. The van der Waals surface area contributed by atoms with Crippen LogP contribution in [0.1, 0.15) is 0 Å². The Morgan fingerprint density at radius 1 is 1.06 bits per heavy atom. The summed E-state index contributed by atoms with van der Waals surface area (Å²) in [5.41, 5.74) is 2.80. The van der Waals surface area contributed by atoms with Crippen LogP contribution in [0, 0.1) is 0 Å². The van der Waals surface area contributed by atoms with Gasteiger partial charge < -0.3 is 0 Å². The molecule has 4 nitrogen and oxygen atoms in total. The Bertz CT molecular complexity index is 574. The lowest BCUT2D eigenvalue weighted by atomic mass is 10.3. The first kappa shape index (κ1) is 9.56. The third-order valence-corrected chi connectivity index (χ3v) is 3.91. The summed E-state index contributed by atoms with van der Waals surface area (Å²) in [6.45, 7) is 0. The van der Waals surface area contributed by atoms with Crippen molar-refractivity contribution in [2.24, 2.45) is 0 Å². The number of rotatable bonds is 2. The van der Waals surface area contributed by atoms with Crippen LogP contribution in [0.4, 0.5) is 0 Å². The van der Waals surface area contributed by atoms with Gasteiger partial charge >= 0.3 is 0 Å². The molecule has 3 aromatic rings. The van der Waals surface area contributed by atoms with Gasteiger partial charge in [0.05, 0.1) is 4.88 Å². The Kier molecular flexibility index (Phi) is 2.43. The summed E-state index contributed by atoms with van der Waals surface area (Å²) in [7, 11) is 0. The van der Waals surface area contributed by atoms with Crippen molar-refractivity contribution < 1.29 is 0 Å². The Morgan fingerprint density at radius 2 is 1.94 bits per heavy atom. The minimum atomic E-state index is 0.915. The zero-order chi connectivity index (χ0) is 10.8. The molecule has 6 heteroatoms. The molecule has 3 aromatic heterocycles. The Hall–Kier alpha value is -1.66. The lowest BCUT2D eigenvalue weighted by molar-refractivity contribution is 1.10. The zero-order valence-corrected chi connectivity index (χ0v) is 9.70. The van der Waals surface area contributed by atoms with E-state index in [9.17, 15) is 0 Å². The van der Waals surface area contributed by atoms with Crippen LogP contribution in [0.25, 0.3) is 20.5 Å². The smallest absolute Gasteiger partial charge is 0.159 e. The van der Waals surface area contributed by atoms with E-state index in [2.05, 4.69) is 20.2 Å². The van der Waals surface area contributed by atoms with Gasteiger partial charge in [-0.1, -0.05) is 11.3 Å². The Morgan fingerprint density at radius 3 is 2.69 bits per heavy atom. The van der Waals surface area contributed by atoms with Gasteiger partial charge in [0.15, 0.2) is 5.01 Å². The minimum Gasteiger partial charge on any atom is -0.265 e. The standard InChI is InChI=1S/C10H6N4S2/c1-3-11-4-2-7(1)9-12-5-8(16-9)10-14-13-6-15-10/h1-6H. The molecule has 0 saturated carbocycles. The predicted octanol–water partition coefficient (Wildman–Crippen LogP) is 2.72. The van der Waals surface area contributed by atoms with Gasteiger partial charge in [0.2, 0.25) is 0 Å². The molecule has 0 aliphatic carbocycles. The van der Waals surface area contributed by atoms with E-state index in [0.29, 0.717) is 0 Å². The number of hydrogen-bond donors (Lipinski definition) is 0. The summed E-state index contributed by atoms with van der Waals surface area (Å²) in [6, 6.07) is 3.89. The van der Waals surface area contributed by atoms with E-state index in [1.165, 1.54) is 11.3 Å². The van der Waals surface area contributed by atoms with E-state index in [-0.39, 0.29) is 0 Å². The van der Waals surface area contributed by atoms with Crippen molar-refractivity contribution in [3.8, 4) is 20.5 Å². The van der Waals surface area contributed by atoms with Gasteiger partial charge in [0, 0.05) is 24.2 Å². The second-order valence-corrected chi connectivity index (χ2v) is 4.87. The fourth-order valence-electron chi connectivity index (χ4n) is 1.28. The molecular formula is C10H6N4S2. The van der Waals surface area contributed by atoms with Crippen LogP contribution < -0.4 is 0 Å². The number of aromatic nitrogens is 4. The van der Waals surface area contributed by atoms with Gasteiger partial charge in [-0.25, -0.2) is 4.98 Å². The Balaban J connectivity index is 2.00. The van der Waals surface area contributed by atoms with Crippen LogP contribution in [0.2, 0.25) is 0 Å². The largest absolute Gasteiger partial charge is 0.265 e. The van der Waals surface area contributed by atoms with E-state index in [4.69, 9.17) is 0 Å². The molecular weight excluding hydrogens is 240 g/mol. The number of thiazole rings is 1. The van der Waals surface area contributed by atoms with Crippen LogP contribution >= 0.6 is 22.7 Å². The Labute approximate surface area is 99.7 Å².